The minimum Gasteiger partial charge on any atom is -0.465 e. The van der Waals surface area contributed by atoms with E-state index < -0.39 is 5.97 Å². The summed E-state index contributed by atoms with van der Waals surface area (Å²) in [6.07, 6.45) is 3.32. The van der Waals surface area contributed by atoms with Gasteiger partial charge in [-0.1, -0.05) is 31.5 Å². The number of anilines is 1. The molecule has 0 fully saturated rings. The minimum absolute atomic E-state index is 0.0186. The Labute approximate surface area is 125 Å². The number of benzene rings is 1. The Kier molecular flexibility index (Phi) is 7.62. The van der Waals surface area contributed by atoms with E-state index in [-0.39, 0.29) is 11.7 Å². The summed E-state index contributed by atoms with van der Waals surface area (Å²) in [7, 11) is 1.26. The number of unbranched alkanes of at least 4 members (excludes halogenated alkanes) is 1. The SMILES string of the molecule is CCCCNC(/C=C(\C#N)C(=O)OC)Nc1ccccc1. The van der Waals surface area contributed by atoms with Crippen molar-refractivity contribution in [2.24, 2.45) is 0 Å². The van der Waals surface area contributed by atoms with Gasteiger partial charge in [0.05, 0.1) is 13.3 Å². The highest BCUT2D eigenvalue weighted by Gasteiger charge is 2.13. The molecule has 0 aliphatic carbocycles. The van der Waals surface area contributed by atoms with Crippen LogP contribution in [-0.4, -0.2) is 25.8 Å². The second-order valence-corrected chi connectivity index (χ2v) is 4.48. The third kappa shape index (κ3) is 6.11. The van der Waals surface area contributed by atoms with Crippen molar-refractivity contribution in [1.29, 1.82) is 5.26 Å². The van der Waals surface area contributed by atoms with Gasteiger partial charge in [0, 0.05) is 5.69 Å². The molecular formula is C16H21N3O2. The van der Waals surface area contributed by atoms with Crippen LogP contribution < -0.4 is 10.6 Å². The molecule has 5 nitrogen and oxygen atoms in total. The van der Waals surface area contributed by atoms with Crippen molar-refractivity contribution in [3.05, 3.63) is 42.0 Å². The molecule has 1 aromatic carbocycles. The topological polar surface area (TPSA) is 74.2 Å². The number of nitrogens with one attached hydrogen (secondary N) is 2. The normalized spacial score (nSPS) is 12.3. The third-order valence-corrected chi connectivity index (χ3v) is 2.85. The van der Waals surface area contributed by atoms with Gasteiger partial charge in [0.15, 0.2) is 0 Å². The first-order chi connectivity index (χ1) is 10.2. The third-order valence-electron chi connectivity index (χ3n) is 2.85. The number of carbonyl (C=O) groups is 1. The molecule has 0 bridgehead atoms. The monoisotopic (exact) mass is 287 g/mol. The van der Waals surface area contributed by atoms with Crippen LogP contribution in [0.2, 0.25) is 0 Å². The summed E-state index contributed by atoms with van der Waals surface area (Å²) < 4.78 is 4.59. The molecule has 5 heteroatoms. The molecule has 1 unspecified atom stereocenters. The first kappa shape index (κ1) is 16.7. The molecule has 0 aliphatic rings. The van der Waals surface area contributed by atoms with Crippen LogP contribution in [0.5, 0.6) is 0 Å². The van der Waals surface area contributed by atoms with Gasteiger partial charge in [-0.3, -0.25) is 5.32 Å². The molecule has 0 radical (unpaired) electrons. The predicted octanol–water partition coefficient (Wildman–Crippen LogP) is 2.44. The van der Waals surface area contributed by atoms with Crippen molar-refractivity contribution in [3.63, 3.8) is 0 Å². The number of methoxy groups -OCH3 is 1. The van der Waals surface area contributed by atoms with Gasteiger partial charge in [-0.25, -0.2) is 4.79 Å². The highest BCUT2D eigenvalue weighted by molar-refractivity contribution is 5.92. The van der Waals surface area contributed by atoms with Crippen LogP contribution in [0.3, 0.4) is 0 Å². The Balaban J connectivity index is 2.83. The smallest absolute Gasteiger partial charge is 0.348 e. The first-order valence-electron chi connectivity index (χ1n) is 6.96. The molecule has 1 atom stereocenters. The Morgan fingerprint density at radius 3 is 2.71 bits per heavy atom. The van der Waals surface area contributed by atoms with Crippen molar-refractivity contribution in [2.45, 2.75) is 25.9 Å². The zero-order valence-corrected chi connectivity index (χ0v) is 12.4. The summed E-state index contributed by atoms with van der Waals surface area (Å²) in [6.45, 7) is 2.89. The van der Waals surface area contributed by atoms with Crippen molar-refractivity contribution in [3.8, 4) is 6.07 Å². The second kappa shape index (κ2) is 9.56. The second-order valence-electron chi connectivity index (χ2n) is 4.48. The summed E-state index contributed by atoms with van der Waals surface area (Å²) in [5, 5.41) is 15.5. The predicted molar refractivity (Wildman–Crippen MR) is 82.5 cm³/mol. The standard InChI is InChI=1S/C16H21N3O2/c1-3-4-10-18-15(11-13(12-17)16(20)21-2)19-14-8-6-5-7-9-14/h5-9,11,15,18-19H,3-4,10H2,1-2H3/b13-11+. The number of para-hydroxylation sites is 1. The van der Waals surface area contributed by atoms with Crippen LogP contribution in [0.1, 0.15) is 19.8 Å². The van der Waals surface area contributed by atoms with Crippen LogP contribution in [-0.2, 0) is 9.53 Å². The van der Waals surface area contributed by atoms with E-state index in [1.165, 1.54) is 7.11 Å². The van der Waals surface area contributed by atoms with E-state index in [0.717, 1.165) is 25.1 Å². The van der Waals surface area contributed by atoms with Crippen LogP contribution in [0.4, 0.5) is 5.69 Å². The Morgan fingerprint density at radius 1 is 1.43 bits per heavy atom. The van der Waals surface area contributed by atoms with Crippen LogP contribution in [0.15, 0.2) is 42.0 Å². The van der Waals surface area contributed by atoms with Gasteiger partial charge in [-0.2, -0.15) is 5.26 Å². The summed E-state index contributed by atoms with van der Waals surface area (Å²) in [5.74, 6) is -0.630. The van der Waals surface area contributed by atoms with E-state index in [0.29, 0.717) is 0 Å². The lowest BCUT2D eigenvalue weighted by Gasteiger charge is -2.18. The fourth-order valence-corrected chi connectivity index (χ4v) is 1.73. The van der Waals surface area contributed by atoms with Crippen LogP contribution >= 0.6 is 0 Å². The molecular weight excluding hydrogens is 266 g/mol. The quantitative estimate of drug-likeness (QED) is 0.252. The fourth-order valence-electron chi connectivity index (χ4n) is 1.73. The molecule has 0 spiro atoms. The lowest BCUT2D eigenvalue weighted by molar-refractivity contribution is -0.135. The van der Waals surface area contributed by atoms with E-state index in [9.17, 15) is 4.79 Å². The zero-order valence-electron chi connectivity index (χ0n) is 12.4. The van der Waals surface area contributed by atoms with Gasteiger partial charge < -0.3 is 10.1 Å². The molecule has 0 heterocycles. The van der Waals surface area contributed by atoms with Crippen LogP contribution in [0, 0.1) is 11.3 Å². The van der Waals surface area contributed by atoms with Gasteiger partial charge in [0.25, 0.3) is 0 Å². The van der Waals surface area contributed by atoms with E-state index in [1.54, 1.807) is 6.08 Å². The molecule has 0 saturated heterocycles. The number of nitriles is 1. The van der Waals surface area contributed by atoms with E-state index in [4.69, 9.17) is 5.26 Å². The van der Waals surface area contributed by atoms with Crippen molar-refractivity contribution in [1.82, 2.24) is 5.32 Å². The molecule has 1 aromatic rings. The van der Waals surface area contributed by atoms with E-state index in [1.807, 2.05) is 36.4 Å². The van der Waals surface area contributed by atoms with Gasteiger partial charge in [-0.15, -0.1) is 0 Å². The van der Waals surface area contributed by atoms with Gasteiger partial charge in [-0.05, 0) is 31.2 Å². The Bertz CT molecular complexity index is 506. The number of carbonyl (C=O) groups excluding carboxylic acids is 1. The summed E-state index contributed by atoms with van der Waals surface area (Å²) in [5.41, 5.74) is 0.889. The van der Waals surface area contributed by atoms with Gasteiger partial charge in [0.2, 0.25) is 0 Å². The number of rotatable bonds is 8. The number of nitrogens with zero attached hydrogens (tertiary/aromatic N) is 1. The number of ether oxygens (including phenoxy) is 1. The molecule has 0 aromatic heterocycles. The van der Waals surface area contributed by atoms with Crippen molar-refractivity contribution >= 4 is 11.7 Å². The molecule has 0 amide bonds. The largest absolute Gasteiger partial charge is 0.465 e. The maximum absolute atomic E-state index is 11.5. The molecule has 21 heavy (non-hydrogen) atoms. The zero-order chi connectivity index (χ0) is 15.5. The molecule has 1 rings (SSSR count). The number of hydrogen-bond donors (Lipinski definition) is 2. The van der Waals surface area contributed by atoms with Crippen molar-refractivity contribution in [2.75, 3.05) is 19.0 Å². The Hall–Kier alpha value is -2.32. The summed E-state index contributed by atoms with van der Waals surface area (Å²) in [4.78, 5) is 11.5. The van der Waals surface area contributed by atoms with Gasteiger partial charge >= 0.3 is 5.97 Å². The lowest BCUT2D eigenvalue weighted by Crippen LogP contribution is -2.36. The summed E-state index contributed by atoms with van der Waals surface area (Å²) in [6, 6.07) is 11.5. The summed E-state index contributed by atoms with van der Waals surface area (Å²) >= 11 is 0. The number of esters is 1. The molecule has 112 valence electrons. The molecule has 0 saturated carbocycles. The Morgan fingerprint density at radius 2 is 2.14 bits per heavy atom. The minimum atomic E-state index is -0.630. The first-order valence-corrected chi connectivity index (χ1v) is 6.96. The van der Waals surface area contributed by atoms with Gasteiger partial charge in [0.1, 0.15) is 11.6 Å². The van der Waals surface area contributed by atoms with Crippen LogP contribution in [0.25, 0.3) is 0 Å². The van der Waals surface area contributed by atoms with Crippen molar-refractivity contribution < 1.29 is 9.53 Å². The highest BCUT2D eigenvalue weighted by atomic mass is 16.5. The highest BCUT2D eigenvalue weighted by Crippen LogP contribution is 2.08. The average Bonchev–Trinajstić information content (AvgIpc) is 2.52. The number of hydrogen-bond acceptors (Lipinski definition) is 5. The maximum Gasteiger partial charge on any atom is 0.348 e. The average molecular weight is 287 g/mol. The maximum atomic E-state index is 11.5. The molecule has 2 N–H and O–H groups in total. The van der Waals surface area contributed by atoms with E-state index in [2.05, 4.69) is 22.3 Å². The molecule has 0 aliphatic heterocycles. The lowest BCUT2D eigenvalue weighted by atomic mass is 10.2. The van der Waals surface area contributed by atoms with E-state index >= 15 is 0 Å². The fraction of sp³-hybridized carbons (Fsp3) is 0.375.